The molecule has 0 radical (unpaired) electrons. The van der Waals surface area contributed by atoms with Gasteiger partial charge < -0.3 is 19.9 Å². The van der Waals surface area contributed by atoms with Crippen LogP contribution in [-0.4, -0.2) is 42.3 Å². The van der Waals surface area contributed by atoms with Crippen LogP contribution in [0.2, 0.25) is 0 Å². The average Bonchev–Trinajstić information content (AvgIpc) is 3.34. The Labute approximate surface area is 161 Å². The number of nitrogens with zero attached hydrogens (tertiary/aromatic N) is 2. The van der Waals surface area contributed by atoms with Crippen LogP contribution < -0.4 is 10.2 Å². The Morgan fingerprint density at radius 2 is 2.00 bits per heavy atom. The Balaban J connectivity index is 1.45. The van der Waals surface area contributed by atoms with E-state index in [0.29, 0.717) is 25.5 Å². The predicted molar refractivity (Wildman–Crippen MR) is 108 cm³/mol. The SMILES string of the molecule is CC(C)CCOC(=O)NCCc1ncc(-c2ccc(N3CCCC3)cc2)[nH]1. The van der Waals surface area contributed by atoms with E-state index < -0.39 is 0 Å². The monoisotopic (exact) mass is 370 g/mol. The molecule has 1 amide bonds. The van der Waals surface area contributed by atoms with Gasteiger partial charge in [0.15, 0.2) is 0 Å². The molecule has 146 valence electrons. The van der Waals surface area contributed by atoms with Gasteiger partial charge in [0.1, 0.15) is 5.82 Å². The lowest BCUT2D eigenvalue weighted by Crippen LogP contribution is -2.27. The molecule has 0 saturated carbocycles. The molecule has 2 N–H and O–H groups in total. The second-order valence-electron chi connectivity index (χ2n) is 7.48. The van der Waals surface area contributed by atoms with Crippen molar-refractivity contribution in [2.45, 2.75) is 39.5 Å². The van der Waals surface area contributed by atoms with Gasteiger partial charge in [0.2, 0.25) is 0 Å². The maximum Gasteiger partial charge on any atom is 0.407 e. The molecule has 1 saturated heterocycles. The normalized spacial score (nSPS) is 14.0. The zero-order valence-electron chi connectivity index (χ0n) is 16.3. The second kappa shape index (κ2) is 9.44. The molecule has 6 heteroatoms. The summed E-state index contributed by atoms with van der Waals surface area (Å²) in [7, 11) is 0. The van der Waals surface area contributed by atoms with Gasteiger partial charge in [0.25, 0.3) is 0 Å². The van der Waals surface area contributed by atoms with Crippen molar-refractivity contribution in [3.8, 4) is 11.3 Å². The van der Waals surface area contributed by atoms with E-state index in [9.17, 15) is 4.79 Å². The minimum Gasteiger partial charge on any atom is -0.450 e. The van der Waals surface area contributed by atoms with Crippen molar-refractivity contribution in [2.75, 3.05) is 31.1 Å². The quantitative estimate of drug-likeness (QED) is 0.737. The van der Waals surface area contributed by atoms with Crippen molar-refractivity contribution in [1.29, 1.82) is 0 Å². The summed E-state index contributed by atoms with van der Waals surface area (Å²) in [6, 6.07) is 8.62. The van der Waals surface area contributed by atoms with Crippen molar-refractivity contribution in [2.24, 2.45) is 5.92 Å². The number of benzene rings is 1. The number of aromatic amines is 1. The number of anilines is 1. The molecule has 6 nitrogen and oxygen atoms in total. The summed E-state index contributed by atoms with van der Waals surface area (Å²) in [5.41, 5.74) is 3.41. The molecule has 2 heterocycles. The second-order valence-corrected chi connectivity index (χ2v) is 7.48. The van der Waals surface area contributed by atoms with Crippen LogP contribution in [0.1, 0.15) is 38.9 Å². The molecular weight excluding hydrogens is 340 g/mol. The number of hydrogen-bond donors (Lipinski definition) is 2. The number of hydrogen-bond acceptors (Lipinski definition) is 4. The smallest absolute Gasteiger partial charge is 0.407 e. The Hall–Kier alpha value is -2.50. The number of aromatic nitrogens is 2. The van der Waals surface area contributed by atoms with Gasteiger partial charge in [-0.3, -0.25) is 0 Å². The molecule has 2 aromatic rings. The Morgan fingerprint density at radius 3 is 2.70 bits per heavy atom. The molecule has 1 fully saturated rings. The lowest BCUT2D eigenvalue weighted by Gasteiger charge is -2.17. The first-order valence-corrected chi connectivity index (χ1v) is 9.91. The molecule has 0 bridgehead atoms. The van der Waals surface area contributed by atoms with Crippen molar-refractivity contribution < 1.29 is 9.53 Å². The highest BCUT2D eigenvalue weighted by molar-refractivity contribution is 5.67. The molecule has 0 spiro atoms. The van der Waals surface area contributed by atoms with Crippen LogP contribution in [-0.2, 0) is 11.2 Å². The Morgan fingerprint density at radius 1 is 1.26 bits per heavy atom. The number of nitrogens with one attached hydrogen (secondary N) is 2. The highest BCUT2D eigenvalue weighted by atomic mass is 16.5. The Kier molecular flexibility index (Phi) is 6.74. The van der Waals surface area contributed by atoms with Gasteiger partial charge in [-0.05, 0) is 42.9 Å². The third-order valence-electron chi connectivity index (χ3n) is 4.84. The summed E-state index contributed by atoms with van der Waals surface area (Å²) in [6.07, 6.45) is 5.58. The molecule has 3 rings (SSSR count). The summed E-state index contributed by atoms with van der Waals surface area (Å²) in [4.78, 5) is 21.8. The van der Waals surface area contributed by atoms with Gasteiger partial charge in [-0.15, -0.1) is 0 Å². The summed E-state index contributed by atoms with van der Waals surface area (Å²) in [6.45, 7) is 7.48. The molecular formula is C21H30N4O2. The number of rotatable bonds is 8. The summed E-state index contributed by atoms with van der Waals surface area (Å²) in [5, 5.41) is 2.77. The Bertz CT molecular complexity index is 718. The van der Waals surface area contributed by atoms with Gasteiger partial charge in [0.05, 0.1) is 18.5 Å². The van der Waals surface area contributed by atoms with E-state index in [1.807, 2.05) is 6.20 Å². The molecule has 0 unspecified atom stereocenters. The zero-order valence-corrected chi connectivity index (χ0v) is 16.3. The van der Waals surface area contributed by atoms with Crippen LogP contribution >= 0.6 is 0 Å². The van der Waals surface area contributed by atoms with E-state index in [1.54, 1.807) is 0 Å². The van der Waals surface area contributed by atoms with Crippen molar-refractivity contribution in [1.82, 2.24) is 15.3 Å². The van der Waals surface area contributed by atoms with Crippen molar-refractivity contribution in [3.63, 3.8) is 0 Å². The van der Waals surface area contributed by atoms with E-state index in [-0.39, 0.29) is 6.09 Å². The first-order valence-electron chi connectivity index (χ1n) is 9.91. The van der Waals surface area contributed by atoms with Gasteiger partial charge >= 0.3 is 6.09 Å². The third kappa shape index (κ3) is 5.74. The minimum absolute atomic E-state index is 0.361. The number of ether oxygens (including phenoxy) is 1. The van der Waals surface area contributed by atoms with Gasteiger partial charge in [-0.1, -0.05) is 26.0 Å². The van der Waals surface area contributed by atoms with E-state index in [2.05, 4.69) is 58.3 Å². The maximum atomic E-state index is 11.6. The molecule has 1 aromatic heterocycles. The summed E-state index contributed by atoms with van der Waals surface area (Å²) >= 11 is 0. The molecule has 1 aliphatic rings. The predicted octanol–water partition coefficient (Wildman–Crippen LogP) is 3.99. The van der Waals surface area contributed by atoms with Gasteiger partial charge in [0, 0.05) is 31.7 Å². The molecule has 0 atom stereocenters. The summed E-state index contributed by atoms with van der Waals surface area (Å²) < 4.78 is 5.13. The first kappa shape index (κ1) is 19.3. The third-order valence-corrected chi connectivity index (χ3v) is 4.84. The van der Waals surface area contributed by atoms with Crippen LogP contribution in [0.25, 0.3) is 11.3 Å². The molecule has 1 aliphatic heterocycles. The van der Waals surface area contributed by atoms with Crippen molar-refractivity contribution in [3.05, 3.63) is 36.3 Å². The van der Waals surface area contributed by atoms with Crippen LogP contribution in [0.15, 0.2) is 30.5 Å². The van der Waals surface area contributed by atoms with Crippen LogP contribution in [0.5, 0.6) is 0 Å². The number of carbonyl (C=O) groups excluding carboxylic acids is 1. The number of carbonyl (C=O) groups is 1. The van der Waals surface area contributed by atoms with Crippen LogP contribution in [0, 0.1) is 5.92 Å². The summed E-state index contributed by atoms with van der Waals surface area (Å²) in [5.74, 6) is 1.39. The topological polar surface area (TPSA) is 70.2 Å². The van der Waals surface area contributed by atoms with Gasteiger partial charge in [-0.2, -0.15) is 0 Å². The van der Waals surface area contributed by atoms with E-state index in [1.165, 1.54) is 18.5 Å². The maximum absolute atomic E-state index is 11.6. The van der Waals surface area contributed by atoms with Crippen LogP contribution in [0.3, 0.4) is 0 Å². The largest absolute Gasteiger partial charge is 0.450 e. The number of imidazole rings is 1. The first-order chi connectivity index (χ1) is 13.1. The highest BCUT2D eigenvalue weighted by Gasteiger charge is 2.12. The lowest BCUT2D eigenvalue weighted by atomic mass is 10.1. The molecule has 1 aromatic carbocycles. The molecule has 0 aliphatic carbocycles. The fourth-order valence-corrected chi connectivity index (χ4v) is 3.18. The minimum atomic E-state index is -0.361. The lowest BCUT2D eigenvalue weighted by molar-refractivity contribution is 0.140. The fraction of sp³-hybridized carbons (Fsp3) is 0.524. The fourth-order valence-electron chi connectivity index (χ4n) is 3.18. The standard InChI is InChI=1S/C21H30N4O2/c1-16(2)10-14-27-21(26)22-11-9-20-23-15-19(24-20)17-5-7-18(8-6-17)25-12-3-4-13-25/h5-8,15-16H,3-4,9-14H2,1-2H3,(H,22,26)(H,23,24). The van der Waals surface area contributed by atoms with E-state index in [0.717, 1.165) is 36.6 Å². The number of H-pyrrole nitrogens is 1. The van der Waals surface area contributed by atoms with E-state index >= 15 is 0 Å². The number of amides is 1. The van der Waals surface area contributed by atoms with Gasteiger partial charge in [-0.25, -0.2) is 9.78 Å². The highest BCUT2D eigenvalue weighted by Crippen LogP contribution is 2.24. The molecule has 27 heavy (non-hydrogen) atoms. The van der Waals surface area contributed by atoms with Crippen LogP contribution in [0.4, 0.5) is 10.5 Å². The average molecular weight is 370 g/mol. The number of alkyl carbamates (subject to hydrolysis) is 1. The van der Waals surface area contributed by atoms with Crippen molar-refractivity contribution >= 4 is 11.8 Å². The van der Waals surface area contributed by atoms with E-state index in [4.69, 9.17) is 4.74 Å². The zero-order chi connectivity index (χ0) is 19.1.